The predicted molar refractivity (Wildman–Crippen MR) is 84.4 cm³/mol. The Labute approximate surface area is 127 Å². The van der Waals surface area contributed by atoms with Crippen molar-refractivity contribution in [1.82, 2.24) is 14.8 Å². The van der Waals surface area contributed by atoms with Gasteiger partial charge in [-0.15, -0.1) is 0 Å². The van der Waals surface area contributed by atoms with E-state index in [2.05, 4.69) is 34.8 Å². The molecule has 3 rings (SSSR count). The van der Waals surface area contributed by atoms with Crippen LogP contribution in [0.15, 0.2) is 18.3 Å². The molecule has 0 radical (unpaired) electrons. The highest BCUT2D eigenvalue weighted by Gasteiger charge is 2.29. The number of nitrogens with zero attached hydrogens (tertiary/aromatic N) is 2. The molecule has 4 nitrogen and oxygen atoms in total. The molecule has 0 bridgehead atoms. The first-order chi connectivity index (χ1) is 10.2. The van der Waals surface area contributed by atoms with Crippen molar-refractivity contribution in [1.29, 1.82) is 0 Å². The van der Waals surface area contributed by atoms with Gasteiger partial charge in [-0.2, -0.15) is 0 Å². The van der Waals surface area contributed by atoms with Crippen molar-refractivity contribution < 1.29 is 4.79 Å². The van der Waals surface area contributed by atoms with Crippen LogP contribution in [0.4, 0.5) is 0 Å². The summed E-state index contributed by atoms with van der Waals surface area (Å²) in [6.45, 7) is 8.46. The van der Waals surface area contributed by atoms with E-state index in [-0.39, 0.29) is 5.91 Å². The Morgan fingerprint density at radius 3 is 2.67 bits per heavy atom. The van der Waals surface area contributed by atoms with Crippen molar-refractivity contribution in [3.63, 3.8) is 0 Å². The number of carbonyl (C=O) groups excluding carboxylic acids is 1. The third-order valence-corrected chi connectivity index (χ3v) is 5.32. The van der Waals surface area contributed by atoms with E-state index >= 15 is 0 Å². The first kappa shape index (κ1) is 14.6. The lowest BCUT2D eigenvalue weighted by molar-refractivity contribution is 0.0613. The van der Waals surface area contributed by atoms with Crippen LogP contribution in [0.3, 0.4) is 0 Å². The molecule has 2 aliphatic heterocycles. The summed E-state index contributed by atoms with van der Waals surface area (Å²) < 4.78 is 2.21. The lowest BCUT2D eigenvalue weighted by Gasteiger charge is -2.36. The Kier molecular flexibility index (Phi) is 4.34. The van der Waals surface area contributed by atoms with Crippen molar-refractivity contribution in [3.8, 4) is 0 Å². The number of hydrogen-bond donors (Lipinski definition) is 1. The van der Waals surface area contributed by atoms with Crippen LogP contribution >= 0.6 is 0 Å². The van der Waals surface area contributed by atoms with E-state index in [1.807, 2.05) is 12.1 Å². The van der Waals surface area contributed by atoms with Gasteiger partial charge >= 0.3 is 0 Å². The zero-order chi connectivity index (χ0) is 14.8. The number of piperidine rings is 2. The molecule has 2 saturated heterocycles. The first-order valence-electron chi connectivity index (χ1n) is 8.33. The zero-order valence-electron chi connectivity index (χ0n) is 13.2. The Balaban J connectivity index is 1.74. The van der Waals surface area contributed by atoms with Crippen molar-refractivity contribution in [3.05, 3.63) is 24.0 Å². The number of rotatable bonds is 2. The van der Waals surface area contributed by atoms with E-state index in [0.29, 0.717) is 12.0 Å². The Hall–Kier alpha value is -1.29. The van der Waals surface area contributed by atoms with Crippen LogP contribution in [0.2, 0.25) is 0 Å². The Bertz CT molecular complexity index is 490. The van der Waals surface area contributed by atoms with Crippen LogP contribution in [0, 0.1) is 11.8 Å². The quantitative estimate of drug-likeness (QED) is 0.908. The Morgan fingerprint density at radius 1 is 1.19 bits per heavy atom. The molecular formula is C17H27N3O. The van der Waals surface area contributed by atoms with Crippen molar-refractivity contribution >= 4 is 5.91 Å². The molecule has 2 unspecified atom stereocenters. The second-order valence-electron chi connectivity index (χ2n) is 6.78. The van der Waals surface area contributed by atoms with E-state index in [4.69, 9.17) is 0 Å². The molecule has 2 atom stereocenters. The number of hydrogen-bond acceptors (Lipinski definition) is 2. The molecule has 1 amide bonds. The average molecular weight is 289 g/mol. The van der Waals surface area contributed by atoms with E-state index in [0.717, 1.165) is 57.1 Å². The summed E-state index contributed by atoms with van der Waals surface area (Å²) in [5.41, 5.74) is 0.878. The highest BCUT2D eigenvalue weighted by atomic mass is 16.2. The van der Waals surface area contributed by atoms with Gasteiger partial charge in [0.2, 0.25) is 0 Å². The summed E-state index contributed by atoms with van der Waals surface area (Å²) in [5, 5.41) is 3.39. The maximum absolute atomic E-state index is 12.9. The molecule has 4 heteroatoms. The summed E-state index contributed by atoms with van der Waals surface area (Å²) in [4.78, 5) is 14.9. The van der Waals surface area contributed by atoms with E-state index in [9.17, 15) is 4.79 Å². The molecule has 2 aliphatic rings. The topological polar surface area (TPSA) is 37.3 Å². The molecule has 3 heterocycles. The minimum atomic E-state index is 0.220. The normalized spacial score (nSPS) is 27.8. The van der Waals surface area contributed by atoms with Crippen LogP contribution in [0.25, 0.3) is 0 Å². The standard InChI is InChI=1S/C17H27N3O/c1-13-7-11-19(12-14(13)2)17(21)16-4-3-10-20(16)15-5-8-18-9-6-15/h3-4,10,13-15,18H,5-9,11-12H2,1-2H3. The van der Waals surface area contributed by atoms with Crippen LogP contribution in [-0.2, 0) is 0 Å². The summed E-state index contributed by atoms with van der Waals surface area (Å²) in [5.74, 6) is 1.55. The molecule has 0 spiro atoms. The van der Waals surface area contributed by atoms with Gasteiger partial charge in [0.25, 0.3) is 5.91 Å². The fraction of sp³-hybridized carbons (Fsp3) is 0.706. The summed E-state index contributed by atoms with van der Waals surface area (Å²) in [6.07, 6.45) is 5.44. The number of nitrogens with one attached hydrogen (secondary N) is 1. The lowest BCUT2D eigenvalue weighted by atomic mass is 9.88. The molecule has 1 aromatic rings. The smallest absolute Gasteiger partial charge is 0.270 e. The maximum atomic E-state index is 12.9. The number of aromatic nitrogens is 1. The summed E-state index contributed by atoms with van der Waals surface area (Å²) in [6, 6.07) is 4.49. The van der Waals surface area contributed by atoms with Gasteiger partial charge < -0.3 is 14.8 Å². The molecule has 1 N–H and O–H groups in total. The molecular weight excluding hydrogens is 262 g/mol. The van der Waals surface area contributed by atoms with E-state index < -0.39 is 0 Å². The minimum Gasteiger partial charge on any atom is -0.340 e. The summed E-state index contributed by atoms with van der Waals surface area (Å²) in [7, 11) is 0. The largest absolute Gasteiger partial charge is 0.340 e. The Morgan fingerprint density at radius 2 is 1.95 bits per heavy atom. The fourth-order valence-electron chi connectivity index (χ4n) is 3.59. The van der Waals surface area contributed by atoms with Crippen LogP contribution in [-0.4, -0.2) is 41.6 Å². The van der Waals surface area contributed by atoms with Crippen molar-refractivity contribution in [2.45, 2.75) is 39.2 Å². The van der Waals surface area contributed by atoms with Gasteiger partial charge in [-0.05, 0) is 56.3 Å². The molecule has 0 aliphatic carbocycles. The highest BCUT2D eigenvalue weighted by molar-refractivity contribution is 5.93. The highest BCUT2D eigenvalue weighted by Crippen LogP contribution is 2.26. The number of carbonyl (C=O) groups is 1. The first-order valence-corrected chi connectivity index (χ1v) is 8.33. The molecule has 2 fully saturated rings. The van der Waals surface area contributed by atoms with Gasteiger partial charge in [-0.25, -0.2) is 0 Å². The molecule has 0 saturated carbocycles. The molecule has 0 aromatic carbocycles. The second kappa shape index (κ2) is 6.22. The van der Waals surface area contributed by atoms with E-state index in [1.54, 1.807) is 0 Å². The fourth-order valence-corrected chi connectivity index (χ4v) is 3.59. The maximum Gasteiger partial charge on any atom is 0.270 e. The SMILES string of the molecule is CC1CCN(C(=O)c2cccn2C2CCNCC2)CC1C. The van der Waals surface area contributed by atoms with Gasteiger partial charge in [-0.3, -0.25) is 4.79 Å². The summed E-state index contributed by atoms with van der Waals surface area (Å²) >= 11 is 0. The minimum absolute atomic E-state index is 0.220. The number of amides is 1. The third-order valence-electron chi connectivity index (χ3n) is 5.32. The second-order valence-corrected chi connectivity index (χ2v) is 6.78. The van der Waals surface area contributed by atoms with Gasteiger partial charge in [-0.1, -0.05) is 13.8 Å². The molecule has 21 heavy (non-hydrogen) atoms. The van der Waals surface area contributed by atoms with Crippen LogP contribution in [0.1, 0.15) is 49.6 Å². The third kappa shape index (κ3) is 3.00. The lowest BCUT2D eigenvalue weighted by Crippen LogP contribution is -2.43. The van der Waals surface area contributed by atoms with Crippen LogP contribution in [0.5, 0.6) is 0 Å². The number of likely N-dealkylation sites (tertiary alicyclic amines) is 1. The predicted octanol–water partition coefficient (Wildman–Crippen LogP) is 2.53. The average Bonchev–Trinajstić information content (AvgIpc) is 2.99. The van der Waals surface area contributed by atoms with E-state index in [1.165, 1.54) is 0 Å². The molecule has 1 aromatic heterocycles. The van der Waals surface area contributed by atoms with Gasteiger partial charge in [0.15, 0.2) is 0 Å². The monoisotopic (exact) mass is 289 g/mol. The van der Waals surface area contributed by atoms with Crippen molar-refractivity contribution in [2.24, 2.45) is 11.8 Å². The van der Waals surface area contributed by atoms with Gasteiger partial charge in [0.05, 0.1) is 0 Å². The van der Waals surface area contributed by atoms with Gasteiger partial charge in [0.1, 0.15) is 5.69 Å². The zero-order valence-corrected chi connectivity index (χ0v) is 13.2. The van der Waals surface area contributed by atoms with Gasteiger partial charge in [0, 0.05) is 25.3 Å². The molecule has 116 valence electrons. The van der Waals surface area contributed by atoms with Crippen molar-refractivity contribution in [2.75, 3.05) is 26.2 Å². The van der Waals surface area contributed by atoms with Crippen LogP contribution < -0.4 is 5.32 Å².